The Morgan fingerprint density at radius 2 is 1.87 bits per heavy atom. The van der Waals surface area contributed by atoms with Crippen molar-refractivity contribution >= 4 is 23.7 Å². The lowest BCUT2D eigenvalue weighted by Gasteiger charge is -2.40. The number of anilines is 2. The molecule has 166 valence electrons. The molecule has 0 bridgehead atoms. The first-order valence-corrected chi connectivity index (χ1v) is 11.2. The van der Waals surface area contributed by atoms with Crippen LogP contribution in [-0.4, -0.2) is 62.7 Å². The third-order valence-electron chi connectivity index (χ3n) is 6.50. The highest BCUT2D eigenvalue weighted by Gasteiger charge is 2.36. The molecule has 8 nitrogen and oxygen atoms in total. The maximum Gasteiger partial charge on any atom is 0.326 e. The number of carbonyl (C=O) groups is 1. The molecule has 2 aromatic rings. The Balaban J connectivity index is 1.50. The number of hydrogen-bond acceptors (Lipinski definition) is 5. The van der Waals surface area contributed by atoms with Crippen LogP contribution in [0.1, 0.15) is 56.1 Å². The zero-order valence-electron chi connectivity index (χ0n) is 19.5. The summed E-state index contributed by atoms with van der Waals surface area (Å²) in [5, 5.41) is 0. The van der Waals surface area contributed by atoms with Gasteiger partial charge in [-0.05, 0) is 40.2 Å². The molecule has 0 aliphatic carbocycles. The first-order chi connectivity index (χ1) is 14.8. The fraction of sp³-hybridized carbons (Fsp3) is 0.565. The summed E-state index contributed by atoms with van der Waals surface area (Å²) in [6.07, 6.45) is 5.11. The van der Waals surface area contributed by atoms with Gasteiger partial charge in [-0.1, -0.05) is 13.0 Å². The van der Waals surface area contributed by atoms with Crippen molar-refractivity contribution in [2.24, 2.45) is 7.05 Å². The molecule has 0 aromatic carbocycles. The van der Waals surface area contributed by atoms with Gasteiger partial charge in [0.25, 0.3) is 0 Å². The van der Waals surface area contributed by atoms with Crippen LogP contribution in [-0.2, 0) is 7.05 Å². The molecule has 31 heavy (non-hydrogen) atoms. The van der Waals surface area contributed by atoms with Crippen molar-refractivity contribution in [3.05, 3.63) is 35.2 Å². The van der Waals surface area contributed by atoms with Crippen molar-refractivity contribution in [2.75, 3.05) is 36.0 Å². The van der Waals surface area contributed by atoms with Gasteiger partial charge in [-0.15, -0.1) is 0 Å². The van der Waals surface area contributed by atoms with Crippen LogP contribution in [0.25, 0.3) is 6.08 Å². The number of hydrogen-bond donors (Lipinski definition) is 0. The Morgan fingerprint density at radius 1 is 1.16 bits per heavy atom. The van der Waals surface area contributed by atoms with Gasteiger partial charge in [0.15, 0.2) is 0 Å². The number of rotatable bonds is 6. The molecule has 2 fully saturated rings. The minimum atomic E-state index is 0.0416. The third-order valence-corrected chi connectivity index (χ3v) is 6.50. The monoisotopic (exact) mass is 423 g/mol. The molecular weight excluding hydrogens is 390 g/mol. The molecule has 2 aromatic heterocycles. The van der Waals surface area contributed by atoms with Gasteiger partial charge in [-0.25, -0.2) is 19.7 Å². The van der Waals surface area contributed by atoms with Crippen molar-refractivity contribution in [3.8, 4) is 0 Å². The van der Waals surface area contributed by atoms with Crippen LogP contribution in [0.5, 0.6) is 0 Å². The number of imidazole rings is 1. The van der Waals surface area contributed by atoms with Crippen molar-refractivity contribution in [2.45, 2.75) is 53.0 Å². The van der Waals surface area contributed by atoms with E-state index in [9.17, 15) is 4.79 Å². The number of urea groups is 1. The summed E-state index contributed by atoms with van der Waals surface area (Å²) < 4.78 is 2.19. The number of aromatic nitrogens is 4. The van der Waals surface area contributed by atoms with Gasteiger partial charge >= 0.3 is 6.03 Å². The van der Waals surface area contributed by atoms with Crippen molar-refractivity contribution in [1.82, 2.24) is 24.4 Å². The predicted octanol–water partition coefficient (Wildman–Crippen LogP) is 3.50. The smallest absolute Gasteiger partial charge is 0.326 e. The molecule has 2 saturated heterocycles. The summed E-state index contributed by atoms with van der Waals surface area (Å²) in [5.74, 6) is 3.76. The van der Waals surface area contributed by atoms with Crippen LogP contribution in [0, 0.1) is 13.8 Å². The summed E-state index contributed by atoms with van der Waals surface area (Å²) in [6, 6.07) is 2.24. The van der Waals surface area contributed by atoms with Crippen LogP contribution < -0.4 is 9.80 Å². The highest BCUT2D eigenvalue weighted by molar-refractivity contribution is 5.93. The van der Waals surface area contributed by atoms with Crippen LogP contribution in [0.2, 0.25) is 0 Å². The Bertz CT molecular complexity index is 1010. The maximum atomic E-state index is 12.9. The van der Waals surface area contributed by atoms with E-state index in [1.807, 2.05) is 30.9 Å². The van der Waals surface area contributed by atoms with Crippen LogP contribution >= 0.6 is 0 Å². The highest BCUT2D eigenvalue weighted by atomic mass is 16.2. The molecule has 4 rings (SSSR count). The van der Waals surface area contributed by atoms with E-state index in [4.69, 9.17) is 4.98 Å². The van der Waals surface area contributed by atoms with Gasteiger partial charge in [0.2, 0.25) is 0 Å². The zero-order valence-corrected chi connectivity index (χ0v) is 19.5. The molecule has 2 amide bonds. The topological polar surface area (TPSA) is 70.4 Å². The predicted molar refractivity (Wildman–Crippen MR) is 124 cm³/mol. The number of carbonyl (C=O) groups excluding carboxylic acids is 1. The molecule has 0 N–H and O–H groups in total. The van der Waals surface area contributed by atoms with Crippen LogP contribution in [0.15, 0.2) is 12.1 Å². The summed E-state index contributed by atoms with van der Waals surface area (Å²) in [7, 11) is 2.09. The first-order valence-electron chi connectivity index (χ1n) is 11.2. The molecule has 1 atom stereocenters. The molecule has 2 aliphatic rings. The second kappa shape index (κ2) is 8.32. The van der Waals surface area contributed by atoms with E-state index >= 15 is 0 Å². The number of amides is 2. The van der Waals surface area contributed by atoms with Crippen LogP contribution in [0.4, 0.5) is 16.4 Å². The highest BCUT2D eigenvalue weighted by Crippen LogP contribution is 2.33. The quantitative estimate of drug-likeness (QED) is 0.711. The van der Waals surface area contributed by atoms with Crippen molar-refractivity contribution < 1.29 is 4.79 Å². The van der Waals surface area contributed by atoms with E-state index < -0.39 is 0 Å². The zero-order chi connectivity index (χ0) is 22.3. The van der Waals surface area contributed by atoms with Crippen LogP contribution in [0.3, 0.4) is 0 Å². The molecule has 8 heteroatoms. The Kier molecular flexibility index (Phi) is 5.73. The molecule has 0 radical (unpaired) electrons. The minimum absolute atomic E-state index is 0.0416. The lowest BCUT2D eigenvalue weighted by molar-refractivity contribution is 0.203. The maximum absolute atomic E-state index is 12.9. The normalized spacial score (nSPS) is 18.4. The fourth-order valence-electron chi connectivity index (χ4n) is 4.49. The van der Waals surface area contributed by atoms with Gasteiger partial charge in [-0.3, -0.25) is 4.90 Å². The molecule has 0 saturated carbocycles. The summed E-state index contributed by atoms with van der Waals surface area (Å²) in [6.45, 7) is 13.3. The van der Waals surface area contributed by atoms with Gasteiger partial charge in [0.05, 0.1) is 17.3 Å². The van der Waals surface area contributed by atoms with Gasteiger partial charge < -0.3 is 14.4 Å². The number of nitrogens with zero attached hydrogens (tertiary/aromatic N) is 7. The Labute approximate surface area is 184 Å². The van der Waals surface area contributed by atoms with E-state index in [0.29, 0.717) is 24.1 Å². The largest absolute Gasteiger partial charge is 0.355 e. The van der Waals surface area contributed by atoms with Gasteiger partial charge in [0.1, 0.15) is 23.3 Å². The Morgan fingerprint density at radius 3 is 2.55 bits per heavy atom. The van der Waals surface area contributed by atoms with E-state index in [1.54, 1.807) is 4.90 Å². The average molecular weight is 424 g/mol. The van der Waals surface area contributed by atoms with E-state index in [-0.39, 0.29) is 12.1 Å². The molecule has 2 aliphatic heterocycles. The van der Waals surface area contributed by atoms with Gasteiger partial charge in [-0.2, -0.15) is 0 Å². The summed E-state index contributed by atoms with van der Waals surface area (Å²) in [5.41, 5.74) is 2.22. The number of aryl methyl sites for hydroxylation is 2. The van der Waals surface area contributed by atoms with E-state index in [0.717, 1.165) is 49.1 Å². The second-order valence-corrected chi connectivity index (χ2v) is 8.62. The first kappa shape index (κ1) is 21.3. The summed E-state index contributed by atoms with van der Waals surface area (Å²) >= 11 is 0. The Hall–Kier alpha value is -2.90. The van der Waals surface area contributed by atoms with Crippen molar-refractivity contribution in [3.63, 3.8) is 0 Å². The van der Waals surface area contributed by atoms with Crippen molar-refractivity contribution in [1.29, 1.82) is 0 Å². The SMILES string of the molecule is CC=Cc1c(C)nc(C2CN(c3cc(N4CCN(C(C)CC)C4=O)nc(C)n3)C2)n1C. The lowest BCUT2D eigenvalue weighted by atomic mass is 9.99. The molecule has 0 spiro atoms. The minimum Gasteiger partial charge on any atom is -0.355 e. The molecular formula is C23H33N7O. The van der Waals surface area contributed by atoms with E-state index in [1.165, 1.54) is 0 Å². The van der Waals surface area contributed by atoms with Gasteiger partial charge in [0, 0.05) is 45.3 Å². The number of allylic oxidation sites excluding steroid dienone is 1. The molecule has 1 unspecified atom stereocenters. The third kappa shape index (κ3) is 3.79. The summed E-state index contributed by atoms with van der Waals surface area (Å²) in [4.78, 5) is 32.9. The fourth-order valence-corrected chi connectivity index (χ4v) is 4.49. The lowest BCUT2D eigenvalue weighted by Crippen LogP contribution is -2.46. The molecule has 4 heterocycles. The average Bonchev–Trinajstić information content (AvgIpc) is 3.21. The van der Waals surface area contributed by atoms with E-state index in [2.05, 4.69) is 53.3 Å². The second-order valence-electron chi connectivity index (χ2n) is 8.62. The standard InChI is InChI=1S/C23H33N7O/c1-7-9-19-16(4)24-22(27(19)6)18-13-28(14-18)20-12-21(26-17(5)25-20)30-11-10-29(23(30)31)15(3)8-2/h7,9,12,15,18H,8,10-11,13-14H2,1-6H3.